The number of halogens is 1. The fourth-order valence-electron chi connectivity index (χ4n) is 4.87. The number of piperazine rings is 1. The molecule has 30 heavy (non-hydrogen) atoms. The summed E-state index contributed by atoms with van der Waals surface area (Å²) in [5.41, 5.74) is 3.76. The summed E-state index contributed by atoms with van der Waals surface area (Å²) in [7, 11) is 1.67. The molecule has 0 bridgehead atoms. The normalized spacial score (nSPS) is 22.5. The Bertz CT molecular complexity index is 1240. The standard InChI is InChI=1S/C22H18ClN3O4/c1-25-9-20(27)26-17(22(25)28)4-11-5-18-19(30-10-29-18)7-13(11)21(26)15-8-24-16-3-2-12(23)6-14(15)16/h2-3,5-8,17,21,24H,4,9-10H2,1H3/t17-,21-/m0/s1. The summed E-state index contributed by atoms with van der Waals surface area (Å²) in [6.45, 7) is 0.230. The number of H-pyrrole nitrogens is 1. The largest absolute Gasteiger partial charge is 0.454 e. The van der Waals surface area contributed by atoms with Crippen molar-refractivity contribution in [1.82, 2.24) is 14.8 Å². The molecule has 8 heteroatoms. The van der Waals surface area contributed by atoms with Crippen LogP contribution < -0.4 is 9.47 Å². The SMILES string of the molecule is CN1CC(=O)N2[C@H](c3c[nH]c4ccc(Cl)cc34)c3cc4c(cc3C[C@H]2C1=O)OCO4. The second kappa shape index (κ2) is 6.15. The van der Waals surface area contributed by atoms with Crippen LogP contribution in [0.15, 0.2) is 36.5 Å². The molecule has 2 aromatic carbocycles. The van der Waals surface area contributed by atoms with Crippen molar-refractivity contribution in [2.75, 3.05) is 20.4 Å². The summed E-state index contributed by atoms with van der Waals surface area (Å²) in [4.78, 5) is 32.7. The lowest BCUT2D eigenvalue weighted by Crippen LogP contribution is -2.62. The average Bonchev–Trinajstić information content (AvgIpc) is 3.35. The second-order valence-electron chi connectivity index (χ2n) is 7.96. The van der Waals surface area contributed by atoms with E-state index in [2.05, 4.69) is 4.98 Å². The van der Waals surface area contributed by atoms with Crippen molar-refractivity contribution >= 4 is 34.3 Å². The molecule has 1 N–H and O–H groups in total. The van der Waals surface area contributed by atoms with E-state index in [1.807, 2.05) is 36.5 Å². The molecule has 3 aliphatic heterocycles. The lowest BCUT2D eigenvalue weighted by molar-refractivity contribution is -0.157. The van der Waals surface area contributed by atoms with Gasteiger partial charge in [0.2, 0.25) is 18.6 Å². The van der Waals surface area contributed by atoms with E-state index in [9.17, 15) is 9.59 Å². The first kappa shape index (κ1) is 17.7. The number of fused-ring (bicyclic) bond motifs is 4. The predicted molar refractivity (Wildman–Crippen MR) is 110 cm³/mol. The van der Waals surface area contributed by atoms with Gasteiger partial charge in [0.05, 0.1) is 12.6 Å². The van der Waals surface area contributed by atoms with Gasteiger partial charge < -0.3 is 24.3 Å². The van der Waals surface area contributed by atoms with Gasteiger partial charge in [-0.05, 0) is 41.5 Å². The quantitative estimate of drug-likeness (QED) is 0.653. The highest BCUT2D eigenvalue weighted by atomic mass is 35.5. The number of rotatable bonds is 1. The molecular weight excluding hydrogens is 406 g/mol. The Morgan fingerprint density at radius 3 is 2.73 bits per heavy atom. The maximum atomic E-state index is 13.2. The van der Waals surface area contributed by atoms with Crippen LogP contribution in [0.25, 0.3) is 10.9 Å². The summed E-state index contributed by atoms with van der Waals surface area (Å²) in [6, 6.07) is 8.53. The Hall–Kier alpha value is -3.19. The van der Waals surface area contributed by atoms with E-state index in [0.717, 1.165) is 27.6 Å². The van der Waals surface area contributed by atoms with Gasteiger partial charge in [0.15, 0.2) is 11.5 Å². The lowest BCUT2D eigenvalue weighted by Gasteiger charge is -2.47. The van der Waals surface area contributed by atoms with Gasteiger partial charge >= 0.3 is 0 Å². The molecule has 3 aromatic rings. The molecular formula is C22H18ClN3O4. The number of amides is 2. The zero-order chi connectivity index (χ0) is 20.6. The Morgan fingerprint density at radius 1 is 1.10 bits per heavy atom. The Morgan fingerprint density at radius 2 is 1.90 bits per heavy atom. The molecule has 1 saturated heterocycles. The van der Waals surface area contributed by atoms with Crippen LogP contribution in [0.1, 0.15) is 22.7 Å². The Kier molecular flexibility index (Phi) is 3.62. The van der Waals surface area contributed by atoms with Gasteiger partial charge in [-0.1, -0.05) is 11.6 Å². The lowest BCUT2D eigenvalue weighted by atomic mass is 9.82. The van der Waals surface area contributed by atoms with Crippen molar-refractivity contribution in [1.29, 1.82) is 0 Å². The number of benzene rings is 2. The van der Waals surface area contributed by atoms with E-state index in [1.165, 1.54) is 4.90 Å². The summed E-state index contributed by atoms with van der Waals surface area (Å²) in [5.74, 6) is 1.20. The molecule has 3 aliphatic rings. The van der Waals surface area contributed by atoms with Crippen molar-refractivity contribution in [2.24, 2.45) is 0 Å². The third-order valence-electron chi connectivity index (χ3n) is 6.25. The monoisotopic (exact) mass is 423 g/mol. The van der Waals surface area contributed by atoms with Crippen LogP contribution >= 0.6 is 11.6 Å². The number of hydrogen-bond acceptors (Lipinski definition) is 4. The first-order valence-electron chi connectivity index (χ1n) is 9.76. The van der Waals surface area contributed by atoms with Gasteiger partial charge in [-0.3, -0.25) is 9.59 Å². The zero-order valence-electron chi connectivity index (χ0n) is 16.1. The molecule has 0 unspecified atom stereocenters. The summed E-state index contributed by atoms with van der Waals surface area (Å²) in [6.07, 6.45) is 2.35. The van der Waals surface area contributed by atoms with Crippen molar-refractivity contribution < 1.29 is 19.1 Å². The van der Waals surface area contributed by atoms with Gasteiger partial charge in [0, 0.05) is 41.2 Å². The van der Waals surface area contributed by atoms with Crippen LogP contribution in [0.4, 0.5) is 0 Å². The van der Waals surface area contributed by atoms with Crippen LogP contribution in [0.2, 0.25) is 5.02 Å². The van der Waals surface area contributed by atoms with Crippen molar-refractivity contribution in [3.05, 3.63) is 58.2 Å². The number of ether oxygens (including phenoxy) is 2. The van der Waals surface area contributed by atoms with Gasteiger partial charge in [-0.25, -0.2) is 0 Å². The van der Waals surface area contributed by atoms with E-state index in [4.69, 9.17) is 21.1 Å². The number of aromatic amines is 1. The molecule has 2 atom stereocenters. The highest BCUT2D eigenvalue weighted by Gasteiger charge is 2.47. The van der Waals surface area contributed by atoms with Gasteiger partial charge in [-0.15, -0.1) is 0 Å². The average molecular weight is 424 g/mol. The molecule has 7 nitrogen and oxygen atoms in total. The first-order chi connectivity index (χ1) is 14.5. The highest BCUT2D eigenvalue weighted by molar-refractivity contribution is 6.31. The Balaban J connectivity index is 1.61. The van der Waals surface area contributed by atoms with E-state index in [0.29, 0.717) is 22.9 Å². The zero-order valence-corrected chi connectivity index (χ0v) is 16.9. The van der Waals surface area contributed by atoms with Gasteiger partial charge in [0.25, 0.3) is 0 Å². The van der Waals surface area contributed by atoms with Crippen molar-refractivity contribution in [3.63, 3.8) is 0 Å². The number of nitrogens with one attached hydrogen (secondary N) is 1. The number of nitrogens with zero attached hydrogens (tertiary/aromatic N) is 2. The van der Waals surface area contributed by atoms with Crippen LogP contribution in [0.3, 0.4) is 0 Å². The van der Waals surface area contributed by atoms with E-state index < -0.39 is 12.1 Å². The van der Waals surface area contributed by atoms with Crippen LogP contribution in [0.5, 0.6) is 11.5 Å². The number of likely N-dealkylation sites (N-methyl/N-ethyl adjacent to an activating group) is 1. The van der Waals surface area contributed by atoms with E-state index >= 15 is 0 Å². The van der Waals surface area contributed by atoms with Crippen LogP contribution in [-0.4, -0.2) is 53.0 Å². The topological polar surface area (TPSA) is 74.9 Å². The summed E-state index contributed by atoms with van der Waals surface area (Å²) >= 11 is 6.28. The molecule has 0 saturated carbocycles. The van der Waals surface area contributed by atoms with Crippen molar-refractivity contribution in [2.45, 2.75) is 18.5 Å². The molecule has 0 spiro atoms. The number of aromatic nitrogens is 1. The third kappa shape index (κ3) is 2.38. The molecule has 6 rings (SSSR count). The second-order valence-corrected chi connectivity index (χ2v) is 8.39. The van der Waals surface area contributed by atoms with Gasteiger partial charge in [-0.2, -0.15) is 0 Å². The highest BCUT2D eigenvalue weighted by Crippen LogP contribution is 2.46. The molecule has 152 valence electrons. The minimum atomic E-state index is -0.557. The number of carbonyl (C=O) groups excluding carboxylic acids is 2. The fourth-order valence-corrected chi connectivity index (χ4v) is 5.04. The third-order valence-corrected chi connectivity index (χ3v) is 6.48. The molecule has 0 radical (unpaired) electrons. The summed E-state index contributed by atoms with van der Waals surface area (Å²) < 4.78 is 11.2. The van der Waals surface area contributed by atoms with Crippen LogP contribution in [0, 0.1) is 0 Å². The predicted octanol–water partition coefficient (Wildman–Crippen LogP) is 2.86. The van der Waals surface area contributed by atoms with E-state index in [-0.39, 0.29) is 25.2 Å². The number of carbonyl (C=O) groups is 2. The first-order valence-corrected chi connectivity index (χ1v) is 10.1. The van der Waals surface area contributed by atoms with Gasteiger partial charge in [0.1, 0.15) is 6.04 Å². The Labute approximate surface area is 177 Å². The smallest absolute Gasteiger partial charge is 0.245 e. The number of hydrogen-bond donors (Lipinski definition) is 1. The van der Waals surface area contributed by atoms with Crippen molar-refractivity contribution in [3.8, 4) is 11.5 Å². The summed E-state index contributed by atoms with van der Waals surface area (Å²) in [5, 5.41) is 1.54. The minimum absolute atomic E-state index is 0.0548. The molecule has 0 aliphatic carbocycles. The van der Waals surface area contributed by atoms with E-state index in [1.54, 1.807) is 11.9 Å². The maximum absolute atomic E-state index is 13.2. The molecule has 1 fully saturated rings. The minimum Gasteiger partial charge on any atom is -0.454 e. The molecule has 2 amide bonds. The maximum Gasteiger partial charge on any atom is 0.245 e. The molecule has 1 aromatic heterocycles. The fraction of sp³-hybridized carbons (Fsp3) is 0.273. The molecule has 4 heterocycles. The van der Waals surface area contributed by atoms with Crippen LogP contribution in [-0.2, 0) is 16.0 Å².